The van der Waals surface area contributed by atoms with Gasteiger partial charge in [-0.1, -0.05) is 66.7 Å². The van der Waals surface area contributed by atoms with Gasteiger partial charge in [-0.3, -0.25) is 4.79 Å². The number of benzene rings is 3. The largest absolute Gasteiger partial charge is 0.461 e. The Balaban J connectivity index is 1.96. The summed E-state index contributed by atoms with van der Waals surface area (Å²) < 4.78 is 6.14. The third-order valence-electron chi connectivity index (χ3n) is 5.32. The Morgan fingerprint density at radius 2 is 1.30 bits per heavy atom. The van der Waals surface area contributed by atoms with E-state index in [0.29, 0.717) is 0 Å². The van der Waals surface area contributed by atoms with E-state index in [-0.39, 0.29) is 5.78 Å². The molecule has 130 valence electrons. The summed E-state index contributed by atoms with van der Waals surface area (Å²) in [6.45, 7) is 3.63. The van der Waals surface area contributed by atoms with Crippen molar-refractivity contribution in [2.45, 2.75) is 13.8 Å². The maximum Gasteiger partial charge on any atom is 0.159 e. The third-order valence-corrected chi connectivity index (χ3v) is 5.32. The van der Waals surface area contributed by atoms with Crippen LogP contribution in [0.2, 0.25) is 0 Å². The van der Waals surface area contributed by atoms with Crippen molar-refractivity contribution >= 4 is 27.5 Å². The fourth-order valence-corrected chi connectivity index (χ4v) is 4.10. The second kappa shape index (κ2) is 5.82. The zero-order valence-electron chi connectivity index (χ0n) is 15.2. The Morgan fingerprint density at radius 3 is 1.96 bits per heavy atom. The van der Waals surface area contributed by atoms with Crippen LogP contribution in [0.1, 0.15) is 23.0 Å². The minimum Gasteiger partial charge on any atom is -0.461 e. The molecule has 0 spiro atoms. The Bertz CT molecular complexity index is 1290. The van der Waals surface area contributed by atoms with E-state index in [0.717, 1.165) is 33.4 Å². The SMILES string of the molecule is CC(=O)c1ccc(-c2c3c4ccccc4oc(C)c-3c3ccccc23)cc1. The van der Waals surface area contributed by atoms with Gasteiger partial charge in [0.05, 0.1) is 0 Å². The van der Waals surface area contributed by atoms with E-state index in [1.807, 2.05) is 49.4 Å². The topological polar surface area (TPSA) is 30.2 Å². The number of carbonyl (C=O) groups is 1. The van der Waals surface area contributed by atoms with Gasteiger partial charge in [-0.05, 0) is 41.8 Å². The van der Waals surface area contributed by atoms with Crippen LogP contribution in [0.5, 0.6) is 0 Å². The molecule has 0 atom stereocenters. The van der Waals surface area contributed by atoms with Gasteiger partial charge in [0.25, 0.3) is 0 Å². The normalized spacial score (nSPS) is 11.5. The molecule has 3 aromatic carbocycles. The molecule has 0 saturated carbocycles. The second-order valence-electron chi connectivity index (χ2n) is 6.96. The molecule has 2 aliphatic rings. The van der Waals surface area contributed by atoms with Gasteiger partial charge in [0, 0.05) is 22.1 Å². The zero-order chi connectivity index (χ0) is 18.5. The van der Waals surface area contributed by atoms with Crippen LogP contribution in [0, 0.1) is 6.92 Å². The van der Waals surface area contributed by atoms with Gasteiger partial charge in [-0.25, -0.2) is 0 Å². The molecule has 1 aliphatic carbocycles. The Hall–Kier alpha value is -3.39. The second-order valence-corrected chi connectivity index (χ2v) is 6.96. The highest BCUT2D eigenvalue weighted by Crippen LogP contribution is 2.49. The lowest BCUT2D eigenvalue weighted by Gasteiger charge is -2.12. The summed E-state index contributed by atoms with van der Waals surface area (Å²) in [7, 11) is 0. The fourth-order valence-electron chi connectivity index (χ4n) is 4.10. The number of ketones is 1. The summed E-state index contributed by atoms with van der Waals surface area (Å²) in [5.41, 5.74) is 6.31. The van der Waals surface area contributed by atoms with Gasteiger partial charge in [0.1, 0.15) is 11.3 Å². The molecule has 3 aromatic rings. The smallest absolute Gasteiger partial charge is 0.159 e. The van der Waals surface area contributed by atoms with E-state index in [1.54, 1.807) is 6.92 Å². The lowest BCUT2D eigenvalue weighted by atomic mass is 9.95. The van der Waals surface area contributed by atoms with Crippen LogP contribution in [0.15, 0.2) is 77.2 Å². The summed E-state index contributed by atoms with van der Waals surface area (Å²) in [5, 5.41) is 3.52. The number of fused-ring (bicyclic) bond motifs is 5. The standard InChI is InChI=1S/C25H18O2/c1-15(26)17-11-13-18(14-12-17)24-20-8-4-3-7-19(20)23-16(2)27-22-10-6-5-9-21(22)25(23)24/h3-14H,1-2H3. The molecule has 27 heavy (non-hydrogen) atoms. The van der Waals surface area contributed by atoms with E-state index < -0.39 is 0 Å². The lowest BCUT2D eigenvalue weighted by molar-refractivity contribution is 0.101. The highest BCUT2D eigenvalue weighted by molar-refractivity contribution is 6.21. The number of aryl methyl sites for hydroxylation is 1. The van der Waals surface area contributed by atoms with Crippen molar-refractivity contribution in [3.05, 3.63) is 84.1 Å². The van der Waals surface area contributed by atoms with Gasteiger partial charge >= 0.3 is 0 Å². The third kappa shape index (κ3) is 2.30. The summed E-state index contributed by atoms with van der Waals surface area (Å²) in [6.07, 6.45) is 0. The molecular formula is C25H18O2. The average molecular weight is 350 g/mol. The van der Waals surface area contributed by atoms with Crippen LogP contribution < -0.4 is 0 Å². The first kappa shape index (κ1) is 15.8. The minimum absolute atomic E-state index is 0.0823. The van der Waals surface area contributed by atoms with Gasteiger partial charge < -0.3 is 4.42 Å². The molecule has 2 nitrogen and oxygen atoms in total. The number of rotatable bonds is 2. The molecule has 0 radical (unpaired) electrons. The molecule has 5 rings (SSSR count). The molecule has 0 unspecified atom stereocenters. The van der Waals surface area contributed by atoms with Crippen LogP contribution in [0.3, 0.4) is 0 Å². The predicted octanol–water partition coefficient (Wildman–Crippen LogP) is 6.87. The van der Waals surface area contributed by atoms with E-state index in [4.69, 9.17) is 4.42 Å². The highest BCUT2D eigenvalue weighted by atomic mass is 16.3. The van der Waals surface area contributed by atoms with Crippen molar-refractivity contribution in [1.29, 1.82) is 0 Å². The van der Waals surface area contributed by atoms with E-state index in [2.05, 4.69) is 30.3 Å². The average Bonchev–Trinajstić information content (AvgIpc) is 3.04. The summed E-state index contributed by atoms with van der Waals surface area (Å²) in [5.74, 6) is 1.00. The van der Waals surface area contributed by atoms with Crippen molar-refractivity contribution in [2.75, 3.05) is 0 Å². The lowest BCUT2D eigenvalue weighted by Crippen LogP contribution is -1.91. The van der Waals surface area contributed by atoms with Gasteiger partial charge in [0.15, 0.2) is 5.78 Å². The first-order valence-corrected chi connectivity index (χ1v) is 9.09. The summed E-state index contributed by atoms with van der Waals surface area (Å²) >= 11 is 0. The number of para-hydroxylation sites is 1. The fraction of sp³-hybridized carbons (Fsp3) is 0.0800. The molecule has 0 aromatic heterocycles. The Labute approximate surface area is 157 Å². The summed E-state index contributed by atoms with van der Waals surface area (Å²) in [4.78, 5) is 11.7. The van der Waals surface area contributed by atoms with E-state index in [9.17, 15) is 4.79 Å². The molecule has 0 saturated heterocycles. The molecule has 2 heteroatoms. The van der Waals surface area contributed by atoms with E-state index >= 15 is 0 Å². The van der Waals surface area contributed by atoms with E-state index in [1.165, 1.54) is 21.9 Å². The number of hydrogen-bond donors (Lipinski definition) is 0. The first-order chi connectivity index (χ1) is 13.1. The number of Topliss-reactive ketones (excluding diaryl/α,β-unsaturated/α-hetero) is 1. The molecule has 0 N–H and O–H groups in total. The quantitative estimate of drug-likeness (QED) is 0.325. The summed E-state index contributed by atoms with van der Waals surface area (Å²) in [6, 6.07) is 24.6. The van der Waals surface area contributed by atoms with Gasteiger partial charge in [-0.15, -0.1) is 0 Å². The highest BCUT2D eigenvalue weighted by Gasteiger charge is 2.24. The van der Waals surface area contributed by atoms with Crippen molar-refractivity contribution in [3.63, 3.8) is 0 Å². The Morgan fingerprint density at radius 1 is 0.704 bits per heavy atom. The van der Waals surface area contributed by atoms with Crippen molar-refractivity contribution in [1.82, 2.24) is 0 Å². The van der Waals surface area contributed by atoms with Crippen LogP contribution >= 0.6 is 0 Å². The minimum atomic E-state index is 0.0823. The molecular weight excluding hydrogens is 332 g/mol. The van der Waals surface area contributed by atoms with Gasteiger partial charge in [0.2, 0.25) is 0 Å². The predicted molar refractivity (Wildman–Crippen MR) is 111 cm³/mol. The maximum atomic E-state index is 11.7. The van der Waals surface area contributed by atoms with Crippen LogP contribution in [0.25, 0.3) is 44.0 Å². The van der Waals surface area contributed by atoms with Crippen LogP contribution in [0.4, 0.5) is 0 Å². The maximum absolute atomic E-state index is 11.7. The zero-order valence-corrected chi connectivity index (χ0v) is 15.2. The molecule has 0 bridgehead atoms. The first-order valence-electron chi connectivity index (χ1n) is 9.09. The monoisotopic (exact) mass is 350 g/mol. The van der Waals surface area contributed by atoms with Gasteiger partial charge in [-0.2, -0.15) is 0 Å². The van der Waals surface area contributed by atoms with Crippen LogP contribution in [-0.4, -0.2) is 5.78 Å². The van der Waals surface area contributed by atoms with Crippen molar-refractivity contribution in [3.8, 4) is 22.3 Å². The number of hydrogen-bond acceptors (Lipinski definition) is 2. The Kier molecular flexibility index (Phi) is 3.41. The molecule has 0 fully saturated rings. The molecule has 1 heterocycles. The van der Waals surface area contributed by atoms with Crippen molar-refractivity contribution < 1.29 is 9.21 Å². The van der Waals surface area contributed by atoms with Crippen molar-refractivity contribution in [2.24, 2.45) is 0 Å². The number of carbonyl (C=O) groups excluding carboxylic acids is 1. The van der Waals surface area contributed by atoms with Crippen LogP contribution in [-0.2, 0) is 0 Å². The molecule has 0 amide bonds. The molecule has 1 aliphatic heterocycles.